The van der Waals surface area contributed by atoms with E-state index in [1.165, 1.54) is 43.5 Å². The van der Waals surface area contributed by atoms with Crippen molar-refractivity contribution in [3.63, 3.8) is 0 Å². The standard InChI is InChI=1S/C15H11F3O4/c1-21-14(20)10-4-2-9(3-5-10)12-7-6-11(19)8-13(12)22-15(16,17)18/h2-8,19H,1H3. The van der Waals surface area contributed by atoms with Crippen molar-refractivity contribution in [2.75, 3.05) is 7.11 Å². The van der Waals surface area contributed by atoms with Crippen LogP contribution in [-0.4, -0.2) is 24.5 Å². The van der Waals surface area contributed by atoms with Crippen molar-refractivity contribution in [3.05, 3.63) is 48.0 Å². The van der Waals surface area contributed by atoms with Crippen molar-refractivity contribution in [3.8, 4) is 22.6 Å². The van der Waals surface area contributed by atoms with Crippen LogP contribution in [0.3, 0.4) is 0 Å². The molecule has 7 heteroatoms. The first-order chi connectivity index (χ1) is 10.3. The van der Waals surface area contributed by atoms with Crippen LogP contribution in [-0.2, 0) is 4.74 Å². The summed E-state index contributed by atoms with van der Waals surface area (Å²) in [6.07, 6.45) is -4.88. The molecule has 4 nitrogen and oxygen atoms in total. The predicted octanol–water partition coefficient (Wildman–Crippen LogP) is 3.74. The average Bonchev–Trinajstić information content (AvgIpc) is 2.45. The number of esters is 1. The first kappa shape index (κ1) is 15.7. The molecule has 0 heterocycles. The van der Waals surface area contributed by atoms with E-state index in [1.54, 1.807) is 0 Å². The van der Waals surface area contributed by atoms with Crippen LogP contribution in [0.4, 0.5) is 13.2 Å². The van der Waals surface area contributed by atoms with Gasteiger partial charge in [-0.25, -0.2) is 4.79 Å². The van der Waals surface area contributed by atoms with Crippen molar-refractivity contribution < 1.29 is 32.5 Å². The molecule has 0 aromatic heterocycles. The number of carbonyl (C=O) groups excluding carboxylic acids is 1. The molecule has 2 aromatic carbocycles. The molecule has 0 spiro atoms. The van der Waals surface area contributed by atoms with Gasteiger partial charge in [-0.1, -0.05) is 12.1 Å². The first-order valence-corrected chi connectivity index (χ1v) is 6.07. The number of carbonyl (C=O) groups is 1. The largest absolute Gasteiger partial charge is 0.573 e. The molecule has 0 aliphatic rings. The second-order valence-electron chi connectivity index (χ2n) is 4.30. The number of methoxy groups -OCH3 is 1. The summed E-state index contributed by atoms with van der Waals surface area (Å²) in [4.78, 5) is 11.3. The third-order valence-corrected chi connectivity index (χ3v) is 2.81. The molecule has 0 bridgehead atoms. The molecule has 0 aliphatic carbocycles. The molecule has 2 aromatic rings. The number of halogens is 3. The molecule has 0 unspecified atom stereocenters. The molecule has 22 heavy (non-hydrogen) atoms. The van der Waals surface area contributed by atoms with Crippen molar-refractivity contribution in [1.82, 2.24) is 0 Å². The van der Waals surface area contributed by atoms with E-state index in [-0.39, 0.29) is 16.9 Å². The van der Waals surface area contributed by atoms with Crippen molar-refractivity contribution in [2.24, 2.45) is 0 Å². The molecular weight excluding hydrogens is 301 g/mol. The predicted molar refractivity (Wildman–Crippen MR) is 71.6 cm³/mol. The van der Waals surface area contributed by atoms with Gasteiger partial charge in [0, 0.05) is 11.6 Å². The van der Waals surface area contributed by atoms with Crippen LogP contribution in [0.25, 0.3) is 11.1 Å². The Morgan fingerprint density at radius 2 is 1.73 bits per heavy atom. The Hall–Kier alpha value is -2.70. The Bertz CT molecular complexity index is 678. The Kier molecular flexibility index (Phi) is 4.25. The lowest BCUT2D eigenvalue weighted by Gasteiger charge is -2.14. The minimum absolute atomic E-state index is 0.131. The quantitative estimate of drug-likeness (QED) is 0.877. The molecule has 0 amide bonds. The Labute approximate surface area is 123 Å². The second-order valence-corrected chi connectivity index (χ2v) is 4.30. The van der Waals surface area contributed by atoms with Gasteiger partial charge in [-0.2, -0.15) is 0 Å². The highest BCUT2D eigenvalue weighted by atomic mass is 19.4. The van der Waals surface area contributed by atoms with E-state index in [9.17, 15) is 23.1 Å². The Morgan fingerprint density at radius 3 is 2.27 bits per heavy atom. The maximum absolute atomic E-state index is 12.4. The fourth-order valence-corrected chi connectivity index (χ4v) is 1.86. The lowest BCUT2D eigenvalue weighted by Crippen LogP contribution is -2.17. The van der Waals surface area contributed by atoms with Crippen LogP contribution in [0, 0.1) is 0 Å². The molecule has 0 fully saturated rings. The Balaban J connectivity index is 2.41. The summed E-state index contributed by atoms with van der Waals surface area (Å²) in [6, 6.07) is 9.17. The SMILES string of the molecule is COC(=O)c1ccc(-c2ccc(O)cc2OC(F)(F)F)cc1. The van der Waals surface area contributed by atoms with Gasteiger partial charge in [-0.15, -0.1) is 13.2 Å². The highest BCUT2D eigenvalue weighted by molar-refractivity contribution is 5.90. The lowest BCUT2D eigenvalue weighted by molar-refractivity contribution is -0.274. The van der Waals surface area contributed by atoms with Crippen molar-refractivity contribution in [1.29, 1.82) is 0 Å². The third-order valence-electron chi connectivity index (χ3n) is 2.81. The van der Waals surface area contributed by atoms with Crippen LogP contribution in [0.1, 0.15) is 10.4 Å². The zero-order valence-electron chi connectivity index (χ0n) is 11.3. The topological polar surface area (TPSA) is 55.8 Å². The van der Waals surface area contributed by atoms with Gasteiger partial charge in [0.1, 0.15) is 11.5 Å². The molecule has 2 rings (SSSR count). The van der Waals surface area contributed by atoms with Gasteiger partial charge in [-0.3, -0.25) is 0 Å². The van der Waals surface area contributed by atoms with Crippen LogP contribution in [0.15, 0.2) is 42.5 Å². The molecule has 0 aliphatic heterocycles. The summed E-state index contributed by atoms with van der Waals surface area (Å²) in [5, 5.41) is 9.32. The van der Waals surface area contributed by atoms with E-state index < -0.39 is 18.1 Å². The third kappa shape index (κ3) is 3.69. The number of hydrogen-bond donors (Lipinski definition) is 1. The number of alkyl halides is 3. The zero-order valence-corrected chi connectivity index (χ0v) is 11.3. The molecule has 0 saturated heterocycles. The number of ether oxygens (including phenoxy) is 2. The summed E-state index contributed by atoms with van der Waals surface area (Å²) in [7, 11) is 1.23. The first-order valence-electron chi connectivity index (χ1n) is 6.07. The number of aromatic hydroxyl groups is 1. The minimum atomic E-state index is -4.88. The summed E-state index contributed by atoms with van der Waals surface area (Å²) < 4.78 is 45.7. The highest BCUT2D eigenvalue weighted by Crippen LogP contribution is 2.36. The fourth-order valence-electron chi connectivity index (χ4n) is 1.86. The highest BCUT2D eigenvalue weighted by Gasteiger charge is 2.32. The molecule has 116 valence electrons. The molecule has 0 saturated carbocycles. The molecule has 1 N–H and O–H groups in total. The molecular formula is C15H11F3O4. The van der Waals surface area contributed by atoms with E-state index in [0.29, 0.717) is 5.56 Å². The van der Waals surface area contributed by atoms with Gasteiger partial charge in [-0.05, 0) is 29.8 Å². The number of phenols is 1. The van der Waals surface area contributed by atoms with E-state index in [0.717, 1.165) is 6.07 Å². The van der Waals surface area contributed by atoms with Gasteiger partial charge >= 0.3 is 12.3 Å². The maximum atomic E-state index is 12.4. The number of rotatable bonds is 3. The lowest BCUT2D eigenvalue weighted by atomic mass is 10.0. The van der Waals surface area contributed by atoms with Crippen LogP contribution < -0.4 is 4.74 Å². The van der Waals surface area contributed by atoms with Gasteiger partial charge in [0.25, 0.3) is 0 Å². The van der Waals surface area contributed by atoms with Gasteiger partial charge < -0.3 is 14.6 Å². The van der Waals surface area contributed by atoms with Crippen molar-refractivity contribution in [2.45, 2.75) is 6.36 Å². The normalized spacial score (nSPS) is 11.1. The van der Waals surface area contributed by atoms with Gasteiger partial charge in [0.2, 0.25) is 0 Å². The molecule has 0 atom stereocenters. The minimum Gasteiger partial charge on any atom is -0.508 e. The van der Waals surface area contributed by atoms with Gasteiger partial charge in [0.05, 0.1) is 12.7 Å². The number of benzene rings is 2. The van der Waals surface area contributed by atoms with Crippen LogP contribution in [0.2, 0.25) is 0 Å². The van der Waals surface area contributed by atoms with Gasteiger partial charge in [0.15, 0.2) is 0 Å². The van der Waals surface area contributed by atoms with Crippen LogP contribution in [0.5, 0.6) is 11.5 Å². The summed E-state index contributed by atoms with van der Waals surface area (Å²) in [5.41, 5.74) is 0.793. The van der Waals surface area contributed by atoms with E-state index in [1.807, 2.05) is 0 Å². The average molecular weight is 312 g/mol. The fraction of sp³-hybridized carbons (Fsp3) is 0.133. The van der Waals surface area contributed by atoms with Crippen LogP contribution >= 0.6 is 0 Å². The van der Waals surface area contributed by atoms with E-state index in [4.69, 9.17) is 0 Å². The van der Waals surface area contributed by atoms with E-state index >= 15 is 0 Å². The van der Waals surface area contributed by atoms with Crippen molar-refractivity contribution >= 4 is 5.97 Å². The summed E-state index contributed by atoms with van der Waals surface area (Å²) in [6.45, 7) is 0. The number of phenolic OH excluding ortho intramolecular Hbond substituents is 1. The maximum Gasteiger partial charge on any atom is 0.573 e. The summed E-state index contributed by atoms with van der Waals surface area (Å²) in [5.74, 6) is -1.43. The monoisotopic (exact) mass is 312 g/mol. The molecule has 0 radical (unpaired) electrons. The summed E-state index contributed by atoms with van der Waals surface area (Å²) >= 11 is 0. The number of hydrogen-bond acceptors (Lipinski definition) is 4. The Morgan fingerprint density at radius 1 is 1.09 bits per heavy atom. The zero-order chi connectivity index (χ0) is 16.3. The smallest absolute Gasteiger partial charge is 0.508 e. The second kappa shape index (κ2) is 5.97. The van der Waals surface area contributed by atoms with E-state index in [2.05, 4.69) is 9.47 Å².